The molecule has 21 heavy (non-hydrogen) atoms. The number of fused-ring (bicyclic) bond motifs is 1. The lowest BCUT2D eigenvalue weighted by atomic mass is 9.96. The van der Waals surface area contributed by atoms with E-state index in [4.69, 9.17) is 9.26 Å². The normalized spacial score (nSPS) is 18.7. The van der Waals surface area contributed by atoms with Crippen LogP contribution in [0.4, 0.5) is 0 Å². The minimum atomic E-state index is -0.451. The molecule has 1 unspecified atom stereocenters. The van der Waals surface area contributed by atoms with Crippen LogP contribution in [0, 0.1) is 0 Å². The Hall–Kier alpha value is -1.24. The SMILES string of the molecule is CCC(CC)(OC)c1noc(C2NCCc3sccc32)n1. The van der Waals surface area contributed by atoms with Crippen LogP contribution in [0.5, 0.6) is 0 Å². The van der Waals surface area contributed by atoms with E-state index in [9.17, 15) is 0 Å². The Balaban J connectivity index is 1.93. The van der Waals surface area contributed by atoms with Gasteiger partial charge in [0.2, 0.25) is 11.7 Å². The lowest BCUT2D eigenvalue weighted by molar-refractivity contribution is -0.0306. The number of methoxy groups -OCH3 is 1. The number of thiophene rings is 1. The highest BCUT2D eigenvalue weighted by Gasteiger charge is 2.35. The summed E-state index contributed by atoms with van der Waals surface area (Å²) in [5.74, 6) is 1.28. The van der Waals surface area contributed by atoms with E-state index in [0.29, 0.717) is 11.7 Å². The molecular weight excluding hydrogens is 286 g/mol. The molecule has 0 aromatic carbocycles. The summed E-state index contributed by atoms with van der Waals surface area (Å²) >= 11 is 1.80. The molecule has 0 radical (unpaired) electrons. The van der Waals surface area contributed by atoms with Gasteiger partial charge in [-0.05, 0) is 36.3 Å². The van der Waals surface area contributed by atoms with Crippen LogP contribution in [0.25, 0.3) is 0 Å². The predicted molar refractivity (Wildman–Crippen MR) is 81.4 cm³/mol. The monoisotopic (exact) mass is 307 g/mol. The van der Waals surface area contributed by atoms with Crippen molar-refractivity contribution in [2.75, 3.05) is 13.7 Å². The quantitative estimate of drug-likeness (QED) is 0.920. The van der Waals surface area contributed by atoms with Gasteiger partial charge in [0, 0.05) is 18.5 Å². The third-order valence-electron chi connectivity index (χ3n) is 4.42. The van der Waals surface area contributed by atoms with Crippen molar-refractivity contribution in [2.24, 2.45) is 0 Å². The molecule has 114 valence electrons. The molecule has 0 saturated carbocycles. The van der Waals surface area contributed by atoms with Gasteiger partial charge in [0.05, 0.1) is 0 Å². The molecule has 0 saturated heterocycles. The second-order valence-corrected chi connectivity index (χ2v) is 6.30. The minimum absolute atomic E-state index is 0.00418. The molecule has 0 amide bonds. The number of nitrogens with one attached hydrogen (secondary N) is 1. The fraction of sp³-hybridized carbons (Fsp3) is 0.600. The van der Waals surface area contributed by atoms with Gasteiger partial charge in [-0.15, -0.1) is 11.3 Å². The zero-order valence-electron chi connectivity index (χ0n) is 12.7. The van der Waals surface area contributed by atoms with Crippen LogP contribution in [0.3, 0.4) is 0 Å². The zero-order chi connectivity index (χ0) is 14.9. The number of ether oxygens (including phenoxy) is 1. The van der Waals surface area contributed by atoms with E-state index in [2.05, 4.69) is 40.8 Å². The highest BCUT2D eigenvalue weighted by molar-refractivity contribution is 7.10. The number of hydrogen-bond donors (Lipinski definition) is 1. The number of rotatable bonds is 5. The molecule has 1 aliphatic heterocycles. The zero-order valence-corrected chi connectivity index (χ0v) is 13.5. The minimum Gasteiger partial charge on any atom is -0.370 e. The number of hydrogen-bond acceptors (Lipinski definition) is 6. The summed E-state index contributed by atoms with van der Waals surface area (Å²) in [6, 6.07) is 2.15. The summed E-state index contributed by atoms with van der Waals surface area (Å²) in [6.07, 6.45) is 2.71. The van der Waals surface area contributed by atoms with Gasteiger partial charge in [-0.1, -0.05) is 19.0 Å². The van der Waals surface area contributed by atoms with Crippen molar-refractivity contribution in [1.29, 1.82) is 0 Å². The molecule has 1 atom stereocenters. The summed E-state index contributed by atoms with van der Waals surface area (Å²) in [4.78, 5) is 6.04. The third-order valence-corrected chi connectivity index (χ3v) is 5.42. The molecule has 0 spiro atoms. The van der Waals surface area contributed by atoms with Crippen molar-refractivity contribution in [1.82, 2.24) is 15.5 Å². The van der Waals surface area contributed by atoms with Crippen LogP contribution in [0.2, 0.25) is 0 Å². The highest BCUT2D eigenvalue weighted by atomic mass is 32.1. The summed E-state index contributed by atoms with van der Waals surface area (Å²) < 4.78 is 11.2. The summed E-state index contributed by atoms with van der Waals surface area (Å²) in [7, 11) is 1.71. The summed E-state index contributed by atoms with van der Waals surface area (Å²) in [5, 5.41) is 9.78. The molecule has 2 aromatic rings. The Morgan fingerprint density at radius 3 is 3.00 bits per heavy atom. The topological polar surface area (TPSA) is 60.2 Å². The van der Waals surface area contributed by atoms with E-state index in [0.717, 1.165) is 25.8 Å². The summed E-state index contributed by atoms with van der Waals surface area (Å²) in [6.45, 7) is 5.10. The van der Waals surface area contributed by atoms with Gasteiger partial charge in [-0.2, -0.15) is 4.98 Å². The fourth-order valence-corrected chi connectivity index (χ4v) is 3.88. The Bertz CT molecular complexity index is 595. The second kappa shape index (κ2) is 5.87. The first-order valence-electron chi connectivity index (χ1n) is 7.43. The van der Waals surface area contributed by atoms with Crippen LogP contribution in [0.1, 0.15) is 54.9 Å². The van der Waals surface area contributed by atoms with Crippen LogP contribution in [-0.2, 0) is 16.8 Å². The number of nitrogens with zero attached hydrogens (tertiary/aromatic N) is 2. The summed E-state index contributed by atoms with van der Waals surface area (Å²) in [5.41, 5.74) is 0.811. The molecule has 0 fully saturated rings. The van der Waals surface area contributed by atoms with Crippen molar-refractivity contribution >= 4 is 11.3 Å². The van der Waals surface area contributed by atoms with Crippen molar-refractivity contribution in [3.63, 3.8) is 0 Å². The van der Waals surface area contributed by atoms with Crippen molar-refractivity contribution < 1.29 is 9.26 Å². The average molecular weight is 307 g/mol. The largest absolute Gasteiger partial charge is 0.370 e. The smallest absolute Gasteiger partial charge is 0.248 e. The van der Waals surface area contributed by atoms with E-state index >= 15 is 0 Å². The number of aromatic nitrogens is 2. The van der Waals surface area contributed by atoms with E-state index in [1.54, 1.807) is 18.4 Å². The lowest BCUT2D eigenvalue weighted by Gasteiger charge is -2.26. The van der Waals surface area contributed by atoms with Gasteiger partial charge in [0.25, 0.3) is 0 Å². The van der Waals surface area contributed by atoms with Crippen LogP contribution >= 0.6 is 11.3 Å². The Labute approximate surface area is 128 Å². The molecule has 1 N–H and O–H groups in total. The maximum absolute atomic E-state index is 5.67. The molecule has 1 aliphatic rings. The standard InChI is InChI=1S/C15H21N3O2S/c1-4-15(5-2,19-3)14-17-13(20-18-14)12-10-7-9-21-11(10)6-8-16-12/h7,9,12,16H,4-6,8H2,1-3H3. The van der Waals surface area contributed by atoms with Gasteiger partial charge in [-0.3, -0.25) is 0 Å². The first-order chi connectivity index (χ1) is 10.2. The van der Waals surface area contributed by atoms with Crippen molar-refractivity contribution in [3.05, 3.63) is 33.6 Å². The molecule has 3 rings (SSSR count). The third kappa shape index (κ3) is 2.41. The van der Waals surface area contributed by atoms with E-state index < -0.39 is 5.60 Å². The Morgan fingerprint density at radius 1 is 1.48 bits per heavy atom. The van der Waals surface area contributed by atoms with Crippen molar-refractivity contribution in [2.45, 2.75) is 44.8 Å². The fourth-order valence-electron chi connectivity index (χ4n) is 2.95. The van der Waals surface area contributed by atoms with Gasteiger partial charge in [0.1, 0.15) is 11.6 Å². The maximum Gasteiger partial charge on any atom is 0.248 e. The second-order valence-electron chi connectivity index (χ2n) is 5.30. The molecule has 2 aromatic heterocycles. The average Bonchev–Trinajstić information content (AvgIpc) is 3.19. The van der Waals surface area contributed by atoms with Crippen molar-refractivity contribution in [3.8, 4) is 0 Å². The van der Waals surface area contributed by atoms with Gasteiger partial charge < -0.3 is 14.6 Å². The lowest BCUT2D eigenvalue weighted by Crippen LogP contribution is -2.30. The van der Waals surface area contributed by atoms with E-state index in [1.807, 2.05) is 0 Å². The van der Waals surface area contributed by atoms with Gasteiger partial charge >= 0.3 is 0 Å². The van der Waals surface area contributed by atoms with E-state index in [1.165, 1.54) is 10.4 Å². The van der Waals surface area contributed by atoms with Crippen LogP contribution in [0.15, 0.2) is 16.0 Å². The molecule has 0 aliphatic carbocycles. The maximum atomic E-state index is 5.67. The molecule has 5 nitrogen and oxygen atoms in total. The van der Waals surface area contributed by atoms with Crippen LogP contribution < -0.4 is 5.32 Å². The van der Waals surface area contributed by atoms with Gasteiger partial charge in [-0.25, -0.2) is 0 Å². The Kier molecular flexibility index (Phi) is 4.10. The highest BCUT2D eigenvalue weighted by Crippen LogP contribution is 2.34. The predicted octanol–water partition coefficient (Wildman–Crippen LogP) is 3.03. The van der Waals surface area contributed by atoms with E-state index in [-0.39, 0.29) is 6.04 Å². The van der Waals surface area contributed by atoms with Crippen LogP contribution in [-0.4, -0.2) is 23.8 Å². The molecule has 0 bridgehead atoms. The molecule has 3 heterocycles. The first-order valence-corrected chi connectivity index (χ1v) is 8.31. The molecule has 6 heteroatoms. The Morgan fingerprint density at radius 2 is 2.29 bits per heavy atom. The molecular formula is C15H21N3O2S. The first kappa shape index (κ1) is 14.7. The van der Waals surface area contributed by atoms with Gasteiger partial charge in [0.15, 0.2) is 0 Å².